The molecule has 8 rings (SSSR count). The Labute approximate surface area is 234 Å². The van der Waals surface area contributed by atoms with Crippen molar-refractivity contribution in [3.63, 3.8) is 0 Å². The molecule has 1 aliphatic heterocycles. The predicted octanol–water partition coefficient (Wildman–Crippen LogP) is 9.24. The third-order valence-electron chi connectivity index (χ3n) is 8.64. The fraction of sp³-hybridized carbons (Fsp3) is 0.189. The van der Waals surface area contributed by atoms with Crippen LogP contribution in [-0.4, -0.2) is 12.1 Å². The van der Waals surface area contributed by atoms with Crippen molar-refractivity contribution in [1.82, 2.24) is 0 Å². The summed E-state index contributed by atoms with van der Waals surface area (Å²) in [4.78, 5) is 0. The van der Waals surface area contributed by atoms with E-state index in [1.165, 1.54) is 38.8 Å². The Hall–Kier alpha value is -4.50. The number of hydrogen-bond acceptors (Lipinski definition) is 3. The maximum atomic E-state index is 6.31. The van der Waals surface area contributed by atoms with Gasteiger partial charge >= 0.3 is 0 Å². The number of fused-ring (bicyclic) bond motifs is 6. The number of anilines is 1. The van der Waals surface area contributed by atoms with Gasteiger partial charge in [-0.25, -0.2) is 0 Å². The van der Waals surface area contributed by atoms with Crippen molar-refractivity contribution >= 4 is 28.3 Å². The van der Waals surface area contributed by atoms with Gasteiger partial charge in [0.1, 0.15) is 23.2 Å². The minimum absolute atomic E-state index is 0.145. The summed E-state index contributed by atoms with van der Waals surface area (Å²) in [7, 11) is 0. The summed E-state index contributed by atoms with van der Waals surface area (Å²) in [5, 5.41) is 4.89. The van der Waals surface area contributed by atoms with Gasteiger partial charge in [-0.2, -0.15) is 0 Å². The van der Waals surface area contributed by atoms with Crippen LogP contribution in [0, 0.1) is 0 Å². The van der Waals surface area contributed by atoms with E-state index in [2.05, 4.69) is 121 Å². The van der Waals surface area contributed by atoms with Gasteiger partial charge in [0.25, 0.3) is 0 Å². The number of benzene rings is 3. The van der Waals surface area contributed by atoms with Gasteiger partial charge in [0.2, 0.25) is 0 Å². The van der Waals surface area contributed by atoms with E-state index in [1.807, 2.05) is 0 Å². The second-order valence-electron chi connectivity index (χ2n) is 11.2. The molecule has 196 valence electrons. The van der Waals surface area contributed by atoms with Crippen LogP contribution in [0.5, 0.6) is 5.75 Å². The summed E-state index contributed by atoms with van der Waals surface area (Å²) >= 11 is 0. The van der Waals surface area contributed by atoms with E-state index in [0.717, 1.165) is 48.5 Å². The van der Waals surface area contributed by atoms with Gasteiger partial charge in [-0.1, -0.05) is 78.9 Å². The molecule has 3 aliphatic carbocycles. The summed E-state index contributed by atoms with van der Waals surface area (Å²) in [5.41, 5.74) is 9.53. The lowest BCUT2D eigenvalue weighted by atomic mass is 9.90. The molecule has 3 heteroatoms. The van der Waals surface area contributed by atoms with E-state index in [-0.39, 0.29) is 12.1 Å². The Bertz CT molecular complexity index is 1760. The Morgan fingerprint density at radius 1 is 0.775 bits per heavy atom. The molecule has 1 aromatic heterocycles. The molecule has 0 spiro atoms. The number of allylic oxidation sites excluding steroid dienone is 6. The van der Waals surface area contributed by atoms with Crippen LogP contribution >= 0.6 is 0 Å². The zero-order chi connectivity index (χ0) is 26.5. The Morgan fingerprint density at radius 2 is 1.68 bits per heavy atom. The lowest BCUT2D eigenvalue weighted by Crippen LogP contribution is -2.17. The highest BCUT2D eigenvalue weighted by Gasteiger charge is 2.32. The molecule has 1 N–H and O–H groups in total. The molecule has 3 unspecified atom stereocenters. The van der Waals surface area contributed by atoms with Gasteiger partial charge < -0.3 is 14.5 Å². The first kappa shape index (κ1) is 23.4. The Morgan fingerprint density at radius 3 is 2.58 bits per heavy atom. The van der Waals surface area contributed by atoms with Crippen LogP contribution in [0.2, 0.25) is 0 Å². The molecule has 40 heavy (non-hydrogen) atoms. The molecule has 3 aromatic carbocycles. The minimum atomic E-state index is 0.145. The summed E-state index contributed by atoms with van der Waals surface area (Å²) < 4.78 is 12.5. The highest BCUT2D eigenvalue weighted by Crippen LogP contribution is 2.43. The third-order valence-corrected chi connectivity index (χ3v) is 8.64. The second-order valence-corrected chi connectivity index (χ2v) is 11.2. The molecular formula is C37H31NO2. The van der Waals surface area contributed by atoms with Crippen LogP contribution in [0.25, 0.3) is 33.7 Å². The molecule has 0 radical (unpaired) electrons. The topological polar surface area (TPSA) is 34.4 Å². The van der Waals surface area contributed by atoms with Crippen LogP contribution in [0.15, 0.2) is 114 Å². The molecule has 0 saturated heterocycles. The molecule has 2 heterocycles. The number of aryl methyl sites for hydroxylation is 1. The van der Waals surface area contributed by atoms with Crippen LogP contribution < -0.4 is 10.1 Å². The molecule has 0 fully saturated rings. The Kier molecular flexibility index (Phi) is 5.62. The summed E-state index contributed by atoms with van der Waals surface area (Å²) in [5.74, 6) is 2.56. The lowest BCUT2D eigenvalue weighted by molar-refractivity contribution is 0.256. The molecule has 4 aromatic rings. The van der Waals surface area contributed by atoms with Crippen molar-refractivity contribution in [2.24, 2.45) is 0 Å². The monoisotopic (exact) mass is 521 g/mol. The van der Waals surface area contributed by atoms with Crippen molar-refractivity contribution in [3.8, 4) is 16.9 Å². The highest BCUT2D eigenvalue weighted by atomic mass is 16.5. The van der Waals surface area contributed by atoms with Crippen molar-refractivity contribution in [2.75, 3.05) is 5.32 Å². The van der Waals surface area contributed by atoms with Crippen LogP contribution in [0.3, 0.4) is 0 Å². The first-order valence-electron chi connectivity index (χ1n) is 14.4. The number of ether oxygens (including phenoxy) is 1. The maximum Gasteiger partial charge on any atom is 0.135 e. The van der Waals surface area contributed by atoms with Crippen molar-refractivity contribution in [1.29, 1.82) is 0 Å². The summed E-state index contributed by atoms with van der Waals surface area (Å²) in [6, 6.07) is 22.3. The van der Waals surface area contributed by atoms with Crippen LogP contribution in [0.4, 0.5) is 5.69 Å². The van der Waals surface area contributed by atoms with Gasteiger partial charge in [-0.3, -0.25) is 0 Å². The van der Waals surface area contributed by atoms with Gasteiger partial charge in [0.05, 0.1) is 0 Å². The zero-order valence-electron chi connectivity index (χ0n) is 22.3. The minimum Gasteiger partial charge on any atom is -0.485 e. The Balaban J connectivity index is 0.938. The van der Waals surface area contributed by atoms with E-state index < -0.39 is 0 Å². The molecule has 0 saturated carbocycles. The lowest BCUT2D eigenvalue weighted by Gasteiger charge is -2.19. The summed E-state index contributed by atoms with van der Waals surface area (Å²) in [6.45, 7) is 0. The molecule has 3 atom stereocenters. The fourth-order valence-corrected chi connectivity index (χ4v) is 6.49. The highest BCUT2D eigenvalue weighted by molar-refractivity contribution is 5.92. The van der Waals surface area contributed by atoms with Gasteiger partial charge in [-0.15, -0.1) is 0 Å². The van der Waals surface area contributed by atoms with Crippen molar-refractivity contribution in [2.45, 2.75) is 43.7 Å². The van der Waals surface area contributed by atoms with Crippen LogP contribution in [0.1, 0.15) is 47.6 Å². The van der Waals surface area contributed by atoms with E-state index in [4.69, 9.17) is 9.15 Å². The normalized spacial score (nSPS) is 22.3. The van der Waals surface area contributed by atoms with Gasteiger partial charge in [0.15, 0.2) is 0 Å². The second kappa shape index (κ2) is 9.60. The van der Waals surface area contributed by atoms with Gasteiger partial charge in [-0.05, 0) is 77.9 Å². The third kappa shape index (κ3) is 4.14. The van der Waals surface area contributed by atoms with E-state index in [0.29, 0.717) is 5.92 Å². The largest absolute Gasteiger partial charge is 0.485 e. The number of rotatable bonds is 4. The zero-order valence-corrected chi connectivity index (χ0v) is 22.3. The number of hydrogen-bond donors (Lipinski definition) is 1. The first-order chi connectivity index (χ1) is 19.8. The smallest absolute Gasteiger partial charge is 0.135 e. The molecule has 3 nitrogen and oxygen atoms in total. The maximum absolute atomic E-state index is 6.31. The number of nitrogens with one attached hydrogen (secondary N) is 1. The van der Waals surface area contributed by atoms with E-state index >= 15 is 0 Å². The quantitative estimate of drug-likeness (QED) is 0.291. The first-order valence-corrected chi connectivity index (χ1v) is 14.4. The molecule has 4 aliphatic rings. The summed E-state index contributed by atoms with van der Waals surface area (Å²) in [6.07, 6.45) is 24.1. The van der Waals surface area contributed by atoms with Crippen molar-refractivity contribution in [3.05, 3.63) is 132 Å². The van der Waals surface area contributed by atoms with E-state index in [1.54, 1.807) is 0 Å². The molecule has 0 amide bonds. The SMILES string of the molecule is C1=CCC2c3ccc(C4=CCC(Nc5ccc(-c6ccc7c8c(oc7c6)CCC=C8)cc5)C=C4)cc3OC2C=C1. The molecular weight excluding hydrogens is 490 g/mol. The molecule has 0 bridgehead atoms. The average Bonchev–Trinajstić information content (AvgIpc) is 3.45. The predicted molar refractivity (Wildman–Crippen MR) is 165 cm³/mol. The number of furan rings is 1. The fourth-order valence-electron chi connectivity index (χ4n) is 6.49. The average molecular weight is 522 g/mol. The standard InChI is InChI=1S/C37H31NO2/c1-2-6-30-32-20-14-26(22-36(32)39-34(30)8-3-1)24-10-16-28(17-11-24)38-29-18-12-25(13-19-29)27-15-21-33-31-7-4-5-9-35(31)40-37(33)23-27/h1-4,7-8,10-16,18-23,28,30,34,38H,5-6,9,17H2. The van der Waals surface area contributed by atoms with Crippen molar-refractivity contribution < 1.29 is 9.15 Å². The van der Waals surface area contributed by atoms with Gasteiger partial charge in [0, 0.05) is 40.6 Å². The van der Waals surface area contributed by atoms with E-state index in [9.17, 15) is 0 Å². The van der Waals surface area contributed by atoms with Crippen LogP contribution in [-0.2, 0) is 6.42 Å².